The van der Waals surface area contributed by atoms with Gasteiger partial charge in [0.1, 0.15) is 0 Å². The Labute approximate surface area is 154 Å². The first-order valence-electron chi connectivity index (χ1n) is 8.31. The van der Waals surface area contributed by atoms with Gasteiger partial charge in [0.25, 0.3) is 10.0 Å². The molecule has 0 saturated heterocycles. The van der Waals surface area contributed by atoms with Crippen molar-refractivity contribution in [2.24, 2.45) is 0 Å². The average Bonchev–Trinajstić information content (AvgIpc) is 3.13. The minimum absolute atomic E-state index is 0.359. The van der Waals surface area contributed by atoms with Crippen LogP contribution in [0.3, 0.4) is 0 Å². The number of hydrogen-bond acceptors (Lipinski definition) is 4. The third-order valence-corrected chi connectivity index (χ3v) is 6.71. The van der Waals surface area contributed by atoms with E-state index in [2.05, 4.69) is 9.71 Å². The summed E-state index contributed by atoms with van der Waals surface area (Å²) in [6, 6.07) is 7.02. The molecule has 0 radical (unpaired) electrons. The van der Waals surface area contributed by atoms with Gasteiger partial charge in [0.05, 0.1) is 11.1 Å². The Balaban J connectivity index is 1.98. The van der Waals surface area contributed by atoms with Crippen LogP contribution in [0.4, 0.5) is 5.69 Å². The van der Waals surface area contributed by atoms with E-state index in [-0.39, 0.29) is 0 Å². The third kappa shape index (κ3) is 3.12. The van der Waals surface area contributed by atoms with E-state index < -0.39 is 10.0 Å². The van der Waals surface area contributed by atoms with Crippen LogP contribution >= 0.6 is 0 Å². The SMILES string of the molecule is Cc1c(C)c(C)c(S(=O)(=O)Nc2ccc(-c3cnco3)cc2)c(C)c1C. The molecule has 0 fully saturated rings. The molecule has 0 amide bonds. The number of benzene rings is 2. The summed E-state index contributed by atoms with van der Waals surface area (Å²) in [5, 5.41) is 0. The lowest BCUT2D eigenvalue weighted by Gasteiger charge is -2.19. The number of nitrogens with one attached hydrogen (secondary N) is 1. The molecule has 1 N–H and O–H groups in total. The molecule has 0 spiro atoms. The zero-order chi connectivity index (χ0) is 19.1. The summed E-state index contributed by atoms with van der Waals surface area (Å²) in [4.78, 5) is 4.24. The van der Waals surface area contributed by atoms with Crippen molar-refractivity contribution in [3.63, 3.8) is 0 Å². The van der Waals surface area contributed by atoms with Crippen molar-refractivity contribution in [2.75, 3.05) is 4.72 Å². The lowest BCUT2D eigenvalue weighted by Crippen LogP contribution is -2.17. The molecule has 0 saturated carbocycles. The molecule has 3 rings (SSSR count). The highest BCUT2D eigenvalue weighted by Gasteiger charge is 2.23. The molecule has 0 aliphatic carbocycles. The number of sulfonamides is 1. The van der Waals surface area contributed by atoms with E-state index in [4.69, 9.17) is 4.42 Å². The van der Waals surface area contributed by atoms with E-state index in [0.29, 0.717) is 16.3 Å². The molecule has 26 heavy (non-hydrogen) atoms. The average molecular weight is 370 g/mol. The number of anilines is 1. The first-order valence-corrected chi connectivity index (χ1v) is 9.79. The van der Waals surface area contributed by atoms with Crippen molar-refractivity contribution in [3.8, 4) is 11.3 Å². The topological polar surface area (TPSA) is 72.2 Å². The molecule has 5 nitrogen and oxygen atoms in total. The first-order chi connectivity index (χ1) is 12.2. The standard InChI is InChI=1S/C20H22N2O3S/c1-12-13(2)15(4)20(16(5)14(12)3)26(23,24)22-18-8-6-17(7-9-18)19-10-21-11-25-19/h6-11,22H,1-5H3. The maximum absolute atomic E-state index is 13.0. The van der Waals surface area contributed by atoms with Gasteiger partial charge in [-0.15, -0.1) is 0 Å². The minimum atomic E-state index is -3.69. The number of nitrogens with zero attached hydrogens (tertiary/aromatic N) is 1. The van der Waals surface area contributed by atoms with E-state index in [1.165, 1.54) is 6.39 Å². The molecule has 2 aromatic carbocycles. The summed E-state index contributed by atoms with van der Waals surface area (Å²) >= 11 is 0. The smallest absolute Gasteiger partial charge is 0.262 e. The second kappa shape index (κ2) is 6.61. The molecule has 0 atom stereocenters. The van der Waals surface area contributed by atoms with Gasteiger partial charge in [0, 0.05) is 11.3 Å². The summed E-state index contributed by atoms with van der Waals surface area (Å²) < 4.78 is 34.0. The van der Waals surface area contributed by atoms with E-state index in [1.807, 2.05) is 34.6 Å². The van der Waals surface area contributed by atoms with Crippen molar-refractivity contribution < 1.29 is 12.8 Å². The van der Waals surface area contributed by atoms with Crippen LogP contribution < -0.4 is 4.72 Å². The van der Waals surface area contributed by atoms with Crippen LogP contribution in [-0.2, 0) is 10.0 Å². The van der Waals surface area contributed by atoms with E-state index >= 15 is 0 Å². The molecule has 136 valence electrons. The van der Waals surface area contributed by atoms with Crippen molar-refractivity contribution in [3.05, 3.63) is 64.7 Å². The van der Waals surface area contributed by atoms with Gasteiger partial charge in [-0.25, -0.2) is 13.4 Å². The minimum Gasteiger partial charge on any atom is -0.444 e. The Morgan fingerprint density at radius 1 is 0.846 bits per heavy atom. The molecule has 0 unspecified atom stereocenters. The van der Waals surface area contributed by atoms with Crippen LogP contribution in [-0.4, -0.2) is 13.4 Å². The molecular formula is C20H22N2O3S. The molecule has 0 bridgehead atoms. The number of aromatic nitrogens is 1. The highest BCUT2D eigenvalue weighted by molar-refractivity contribution is 7.92. The van der Waals surface area contributed by atoms with Gasteiger partial charge in [-0.05, 0) is 86.7 Å². The Morgan fingerprint density at radius 3 is 1.88 bits per heavy atom. The van der Waals surface area contributed by atoms with Crippen LogP contribution in [0.5, 0.6) is 0 Å². The Hall–Kier alpha value is -2.60. The van der Waals surface area contributed by atoms with Crippen molar-refractivity contribution in [2.45, 2.75) is 39.5 Å². The summed E-state index contributed by atoms with van der Waals surface area (Å²) in [5.74, 6) is 0.635. The molecular weight excluding hydrogens is 348 g/mol. The zero-order valence-electron chi connectivity index (χ0n) is 15.5. The Morgan fingerprint density at radius 2 is 1.38 bits per heavy atom. The monoisotopic (exact) mass is 370 g/mol. The largest absolute Gasteiger partial charge is 0.444 e. The summed E-state index contributed by atoms with van der Waals surface area (Å²) in [5.41, 5.74) is 6.06. The summed E-state index contributed by atoms with van der Waals surface area (Å²) in [6.07, 6.45) is 2.98. The van der Waals surface area contributed by atoms with Gasteiger partial charge >= 0.3 is 0 Å². The fourth-order valence-corrected chi connectivity index (χ4v) is 4.80. The lowest BCUT2D eigenvalue weighted by atomic mass is 9.95. The van der Waals surface area contributed by atoms with Crippen LogP contribution in [0, 0.1) is 34.6 Å². The van der Waals surface area contributed by atoms with E-state index in [0.717, 1.165) is 33.4 Å². The number of hydrogen-bond donors (Lipinski definition) is 1. The van der Waals surface area contributed by atoms with Gasteiger partial charge < -0.3 is 4.42 Å². The van der Waals surface area contributed by atoms with Crippen LogP contribution in [0.1, 0.15) is 27.8 Å². The van der Waals surface area contributed by atoms with Gasteiger partial charge in [-0.2, -0.15) is 0 Å². The van der Waals surface area contributed by atoms with Crippen molar-refractivity contribution >= 4 is 15.7 Å². The normalized spacial score (nSPS) is 11.6. The third-order valence-electron chi connectivity index (χ3n) is 5.05. The molecule has 0 aliphatic heterocycles. The zero-order valence-corrected chi connectivity index (χ0v) is 16.4. The Bertz CT molecular complexity index is 1020. The second-order valence-electron chi connectivity index (χ2n) is 6.50. The van der Waals surface area contributed by atoms with Crippen LogP contribution in [0.25, 0.3) is 11.3 Å². The predicted octanol–water partition coefficient (Wildman–Crippen LogP) is 4.68. The fourth-order valence-electron chi connectivity index (χ4n) is 3.14. The molecule has 0 aliphatic rings. The molecule has 1 aromatic heterocycles. The van der Waals surface area contributed by atoms with Crippen LogP contribution in [0.15, 0.2) is 46.2 Å². The van der Waals surface area contributed by atoms with E-state index in [9.17, 15) is 8.42 Å². The van der Waals surface area contributed by atoms with E-state index in [1.54, 1.807) is 30.5 Å². The quantitative estimate of drug-likeness (QED) is 0.723. The number of oxazole rings is 1. The van der Waals surface area contributed by atoms with Gasteiger partial charge in [-0.1, -0.05) is 0 Å². The molecule has 6 heteroatoms. The van der Waals surface area contributed by atoms with Crippen molar-refractivity contribution in [1.29, 1.82) is 0 Å². The van der Waals surface area contributed by atoms with Gasteiger partial charge in [-0.3, -0.25) is 4.72 Å². The van der Waals surface area contributed by atoms with Crippen LogP contribution in [0.2, 0.25) is 0 Å². The van der Waals surface area contributed by atoms with Crippen molar-refractivity contribution in [1.82, 2.24) is 4.98 Å². The highest BCUT2D eigenvalue weighted by atomic mass is 32.2. The maximum atomic E-state index is 13.0. The summed E-state index contributed by atoms with van der Waals surface area (Å²) in [6.45, 7) is 9.66. The molecule has 3 aromatic rings. The summed E-state index contributed by atoms with van der Waals surface area (Å²) in [7, 11) is -3.69. The maximum Gasteiger partial charge on any atom is 0.262 e. The second-order valence-corrected chi connectivity index (χ2v) is 8.12. The van der Waals surface area contributed by atoms with Gasteiger partial charge in [0.2, 0.25) is 0 Å². The fraction of sp³-hybridized carbons (Fsp3) is 0.250. The van der Waals surface area contributed by atoms with Gasteiger partial charge in [0.15, 0.2) is 12.2 Å². The highest BCUT2D eigenvalue weighted by Crippen LogP contribution is 2.31. The lowest BCUT2D eigenvalue weighted by molar-refractivity contribution is 0.572. The Kier molecular flexibility index (Phi) is 4.63. The predicted molar refractivity (Wildman–Crippen MR) is 103 cm³/mol. The number of rotatable bonds is 4. The molecule has 1 heterocycles. The first kappa shape index (κ1) is 18.2.